The molecule has 0 amide bonds. The maximum absolute atomic E-state index is 14.1. The Kier molecular flexibility index (Phi) is 3.13. The molecule has 6 nitrogen and oxygen atoms in total. The highest BCUT2D eigenvalue weighted by molar-refractivity contribution is 7.23. The predicted octanol–water partition coefficient (Wildman–Crippen LogP) is 3.47. The van der Waals surface area contributed by atoms with Crippen molar-refractivity contribution in [1.29, 1.82) is 0 Å². The minimum Gasteiger partial charge on any atom is -0.206 e. The van der Waals surface area contributed by atoms with E-state index in [1.54, 1.807) is 12.1 Å². The summed E-state index contributed by atoms with van der Waals surface area (Å²) in [6, 6.07) is 4.40. The first-order valence-electron chi connectivity index (χ1n) is 6.10. The van der Waals surface area contributed by atoms with E-state index in [0.29, 0.717) is 21.4 Å². The van der Waals surface area contributed by atoms with Crippen molar-refractivity contribution in [2.75, 3.05) is 0 Å². The van der Waals surface area contributed by atoms with Gasteiger partial charge in [0.15, 0.2) is 10.8 Å². The van der Waals surface area contributed by atoms with E-state index >= 15 is 0 Å². The van der Waals surface area contributed by atoms with Crippen molar-refractivity contribution >= 4 is 39.4 Å². The average Bonchev–Trinajstić information content (AvgIpc) is 3.14. The van der Waals surface area contributed by atoms with Gasteiger partial charge < -0.3 is 0 Å². The zero-order valence-corrected chi connectivity index (χ0v) is 13.4. The summed E-state index contributed by atoms with van der Waals surface area (Å²) in [5.41, 5.74) is 1.10. The number of rotatable bonds is 2. The van der Waals surface area contributed by atoms with Crippen LogP contribution in [0.5, 0.6) is 0 Å². The molecule has 3 heterocycles. The minimum absolute atomic E-state index is 0.299. The van der Waals surface area contributed by atoms with Crippen LogP contribution in [0.25, 0.3) is 26.2 Å². The molecule has 0 bridgehead atoms. The Morgan fingerprint density at radius 2 is 2.09 bits per heavy atom. The third kappa shape index (κ3) is 2.09. The van der Waals surface area contributed by atoms with E-state index in [1.807, 2.05) is 6.92 Å². The molecule has 0 saturated carbocycles. The van der Waals surface area contributed by atoms with Crippen LogP contribution < -0.4 is 0 Å². The molecular weight excluding hydrogens is 347 g/mol. The van der Waals surface area contributed by atoms with Crippen LogP contribution in [0.15, 0.2) is 18.2 Å². The standard InChI is InChI=1S/C12H6ClFN6S2/c1-5-9(22-19-15-5)11-18-20-10(16-17-12(20)21-11)7-3-2-6(13)4-8(7)14/h2-4H,1H3. The van der Waals surface area contributed by atoms with E-state index in [9.17, 15) is 4.39 Å². The summed E-state index contributed by atoms with van der Waals surface area (Å²) in [7, 11) is 0. The Morgan fingerprint density at radius 1 is 1.23 bits per heavy atom. The molecule has 4 rings (SSSR count). The SMILES string of the molecule is Cc1nnsc1-c1nn2c(-c3ccc(Cl)cc3F)nnc2s1. The Hall–Kier alpha value is -1.97. The van der Waals surface area contributed by atoms with Crippen molar-refractivity contribution in [2.24, 2.45) is 0 Å². The van der Waals surface area contributed by atoms with Gasteiger partial charge in [0.25, 0.3) is 0 Å². The van der Waals surface area contributed by atoms with Gasteiger partial charge >= 0.3 is 0 Å². The molecule has 110 valence electrons. The molecule has 1 aromatic carbocycles. The molecule has 3 aromatic heterocycles. The second-order valence-electron chi connectivity index (χ2n) is 4.44. The number of benzene rings is 1. The average molecular weight is 353 g/mol. The lowest BCUT2D eigenvalue weighted by atomic mass is 10.2. The highest BCUT2D eigenvalue weighted by Gasteiger charge is 2.19. The van der Waals surface area contributed by atoms with E-state index in [1.165, 1.54) is 33.5 Å². The van der Waals surface area contributed by atoms with Crippen LogP contribution >= 0.6 is 34.5 Å². The first kappa shape index (κ1) is 13.7. The van der Waals surface area contributed by atoms with E-state index in [2.05, 4.69) is 24.9 Å². The molecule has 0 fully saturated rings. The lowest BCUT2D eigenvalue weighted by Crippen LogP contribution is -1.93. The normalized spacial score (nSPS) is 11.4. The molecule has 0 saturated heterocycles. The van der Waals surface area contributed by atoms with Gasteiger partial charge in [0.05, 0.1) is 11.3 Å². The predicted molar refractivity (Wildman–Crippen MR) is 82.7 cm³/mol. The maximum Gasteiger partial charge on any atom is 0.235 e. The Morgan fingerprint density at radius 3 is 2.82 bits per heavy atom. The first-order valence-corrected chi connectivity index (χ1v) is 8.07. The van der Waals surface area contributed by atoms with E-state index < -0.39 is 5.82 Å². The quantitative estimate of drug-likeness (QED) is 0.552. The van der Waals surface area contributed by atoms with Crippen molar-refractivity contribution in [3.63, 3.8) is 0 Å². The number of aryl methyl sites for hydroxylation is 1. The Bertz CT molecular complexity index is 991. The van der Waals surface area contributed by atoms with Crippen molar-refractivity contribution in [3.8, 4) is 21.3 Å². The van der Waals surface area contributed by atoms with Crippen LogP contribution in [0.3, 0.4) is 0 Å². The molecule has 0 N–H and O–H groups in total. The largest absolute Gasteiger partial charge is 0.235 e. The molecule has 0 radical (unpaired) electrons. The number of hydrogen-bond acceptors (Lipinski definition) is 7. The molecule has 0 aliphatic carbocycles. The lowest BCUT2D eigenvalue weighted by molar-refractivity contribution is 0.629. The molecule has 0 atom stereocenters. The summed E-state index contributed by atoms with van der Waals surface area (Å²) in [6.45, 7) is 1.86. The molecule has 10 heteroatoms. The van der Waals surface area contributed by atoms with Crippen LogP contribution in [0, 0.1) is 12.7 Å². The van der Waals surface area contributed by atoms with Gasteiger partial charge in [-0.3, -0.25) is 0 Å². The zero-order valence-electron chi connectivity index (χ0n) is 11.0. The summed E-state index contributed by atoms with van der Waals surface area (Å²) >= 11 is 8.39. The summed E-state index contributed by atoms with van der Waals surface area (Å²) < 4.78 is 19.5. The number of hydrogen-bond donors (Lipinski definition) is 0. The van der Waals surface area contributed by atoms with Crippen LogP contribution in [0.1, 0.15) is 5.69 Å². The van der Waals surface area contributed by atoms with Crippen LogP contribution in [-0.4, -0.2) is 29.4 Å². The van der Waals surface area contributed by atoms with Gasteiger partial charge in [-0.15, -0.1) is 15.3 Å². The van der Waals surface area contributed by atoms with Crippen molar-refractivity contribution in [3.05, 3.63) is 34.7 Å². The highest BCUT2D eigenvalue weighted by atomic mass is 35.5. The van der Waals surface area contributed by atoms with E-state index in [0.717, 1.165) is 15.6 Å². The number of nitrogens with zero attached hydrogens (tertiary/aromatic N) is 6. The summed E-state index contributed by atoms with van der Waals surface area (Å²) in [5.74, 6) is -0.131. The smallest absolute Gasteiger partial charge is 0.206 e. The first-order chi connectivity index (χ1) is 10.6. The Labute approximate surface area is 136 Å². The molecule has 22 heavy (non-hydrogen) atoms. The van der Waals surface area contributed by atoms with Crippen LogP contribution in [0.2, 0.25) is 5.02 Å². The van der Waals surface area contributed by atoms with Gasteiger partial charge in [0, 0.05) is 5.02 Å². The van der Waals surface area contributed by atoms with E-state index in [-0.39, 0.29) is 0 Å². The number of halogens is 2. The fourth-order valence-electron chi connectivity index (χ4n) is 1.98. The number of fused-ring (bicyclic) bond motifs is 1. The summed E-state index contributed by atoms with van der Waals surface area (Å²) in [4.78, 5) is 1.45. The van der Waals surface area contributed by atoms with Crippen molar-refractivity contribution < 1.29 is 4.39 Å². The molecule has 0 aliphatic heterocycles. The highest BCUT2D eigenvalue weighted by Crippen LogP contribution is 2.32. The van der Waals surface area contributed by atoms with Crippen molar-refractivity contribution in [2.45, 2.75) is 6.92 Å². The molecule has 0 unspecified atom stereocenters. The van der Waals surface area contributed by atoms with Gasteiger partial charge in [-0.1, -0.05) is 27.4 Å². The fourth-order valence-corrected chi connectivity index (χ4v) is 3.74. The summed E-state index contributed by atoms with van der Waals surface area (Å²) in [6.07, 6.45) is 0. The maximum atomic E-state index is 14.1. The van der Waals surface area contributed by atoms with Crippen LogP contribution in [-0.2, 0) is 0 Å². The Balaban J connectivity index is 1.89. The number of aromatic nitrogens is 6. The molecule has 0 aliphatic rings. The third-order valence-electron chi connectivity index (χ3n) is 3.01. The topological polar surface area (TPSA) is 68.9 Å². The van der Waals surface area contributed by atoms with E-state index in [4.69, 9.17) is 11.6 Å². The van der Waals surface area contributed by atoms with Gasteiger partial charge in [0.2, 0.25) is 4.96 Å². The third-order valence-corrected chi connectivity index (χ3v) is 5.12. The lowest BCUT2D eigenvalue weighted by Gasteiger charge is -1.99. The monoisotopic (exact) mass is 352 g/mol. The minimum atomic E-state index is -0.466. The molecular formula is C12H6ClFN6S2. The van der Waals surface area contributed by atoms with Crippen molar-refractivity contribution in [1.82, 2.24) is 29.4 Å². The second-order valence-corrected chi connectivity index (χ2v) is 6.58. The van der Waals surface area contributed by atoms with Gasteiger partial charge in [-0.25, -0.2) is 4.39 Å². The van der Waals surface area contributed by atoms with Gasteiger partial charge in [0.1, 0.15) is 10.7 Å². The second kappa shape index (κ2) is 5.04. The van der Waals surface area contributed by atoms with Gasteiger partial charge in [-0.2, -0.15) is 9.61 Å². The molecule has 0 spiro atoms. The fraction of sp³-hybridized carbons (Fsp3) is 0.0833. The zero-order chi connectivity index (χ0) is 15.3. The van der Waals surface area contributed by atoms with Crippen LogP contribution in [0.4, 0.5) is 4.39 Å². The molecule has 4 aromatic rings. The summed E-state index contributed by atoms with van der Waals surface area (Å²) in [5, 5.41) is 17.5. The van der Waals surface area contributed by atoms with Gasteiger partial charge in [-0.05, 0) is 36.7 Å².